The van der Waals surface area contributed by atoms with Crippen molar-refractivity contribution in [2.24, 2.45) is 21.4 Å². The van der Waals surface area contributed by atoms with Gasteiger partial charge in [-0.05, 0) is 29.7 Å². The summed E-state index contributed by atoms with van der Waals surface area (Å²) in [7, 11) is 0. The first-order valence-corrected chi connectivity index (χ1v) is 8.86. The lowest BCUT2D eigenvalue weighted by Crippen LogP contribution is -2.47. The molecule has 134 valence electrons. The standard InChI is InChI=1S/C21H22N2O3/c1-19(2)20(3)11-12-21(19,17(24)16(20)23-26)18(25)22-15-10-6-8-13-7-4-5-9-14(13)15/h4-10,26H,11-12H2,1-3H3,(H,22,25)/b23-16+. The summed E-state index contributed by atoms with van der Waals surface area (Å²) in [5.74, 6) is -0.664. The number of oxime groups is 1. The summed E-state index contributed by atoms with van der Waals surface area (Å²) in [5, 5.41) is 17.7. The van der Waals surface area contributed by atoms with Gasteiger partial charge in [-0.3, -0.25) is 9.59 Å². The molecular formula is C21H22N2O3. The smallest absolute Gasteiger partial charge is 0.239 e. The van der Waals surface area contributed by atoms with E-state index < -0.39 is 16.2 Å². The van der Waals surface area contributed by atoms with Crippen molar-refractivity contribution in [3.05, 3.63) is 42.5 Å². The number of benzene rings is 2. The normalized spacial score (nSPS) is 30.9. The first kappa shape index (κ1) is 16.8. The molecule has 2 atom stereocenters. The fraction of sp³-hybridized carbons (Fsp3) is 0.381. The van der Waals surface area contributed by atoms with E-state index in [1.165, 1.54) is 0 Å². The summed E-state index contributed by atoms with van der Waals surface area (Å²) >= 11 is 0. The highest BCUT2D eigenvalue weighted by Gasteiger charge is 2.76. The van der Waals surface area contributed by atoms with Crippen molar-refractivity contribution in [2.45, 2.75) is 33.6 Å². The lowest BCUT2D eigenvalue weighted by molar-refractivity contribution is -0.140. The molecule has 0 spiro atoms. The van der Waals surface area contributed by atoms with E-state index in [4.69, 9.17) is 0 Å². The predicted octanol–water partition coefficient (Wildman–Crippen LogP) is 4.00. The molecule has 0 saturated heterocycles. The van der Waals surface area contributed by atoms with Gasteiger partial charge >= 0.3 is 0 Å². The average Bonchev–Trinajstić information content (AvgIpc) is 2.90. The van der Waals surface area contributed by atoms with Crippen LogP contribution >= 0.6 is 0 Å². The summed E-state index contributed by atoms with van der Waals surface area (Å²) in [6, 6.07) is 13.5. The lowest BCUT2D eigenvalue weighted by Gasteiger charge is -2.37. The number of rotatable bonds is 2. The Morgan fingerprint density at radius 3 is 2.46 bits per heavy atom. The van der Waals surface area contributed by atoms with Gasteiger partial charge in [-0.25, -0.2) is 0 Å². The lowest BCUT2D eigenvalue weighted by atomic mass is 9.64. The second kappa shape index (κ2) is 5.16. The third kappa shape index (κ3) is 1.73. The average molecular weight is 350 g/mol. The molecule has 2 N–H and O–H groups in total. The SMILES string of the molecule is CC12CCC(C(=O)Nc3cccc4ccccc34)(C(=O)/C1=N\O)C2(C)C. The van der Waals surface area contributed by atoms with Gasteiger partial charge in [0.1, 0.15) is 11.1 Å². The van der Waals surface area contributed by atoms with Gasteiger partial charge in [0, 0.05) is 16.5 Å². The number of anilines is 1. The molecule has 2 saturated carbocycles. The van der Waals surface area contributed by atoms with Crippen LogP contribution in [-0.2, 0) is 9.59 Å². The van der Waals surface area contributed by atoms with E-state index >= 15 is 0 Å². The Hall–Kier alpha value is -2.69. The van der Waals surface area contributed by atoms with Crippen LogP contribution in [0.4, 0.5) is 5.69 Å². The van der Waals surface area contributed by atoms with E-state index in [1.807, 2.05) is 63.2 Å². The van der Waals surface area contributed by atoms with Gasteiger partial charge in [0.05, 0.1) is 0 Å². The number of carbonyl (C=O) groups is 2. The van der Waals surface area contributed by atoms with Crippen molar-refractivity contribution in [1.82, 2.24) is 0 Å². The second-order valence-corrected chi connectivity index (χ2v) is 8.12. The number of nitrogens with one attached hydrogen (secondary N) is 1. The molecule has 2 aliphatic rings. The van der Waals surface area contributed by atoms with Crippen LogP contribution in [0.25, 0.3) is 10.8 Å². The maximum absolute atomic E-state index is 13.4. The Balaban J connectivity index is 1.80. The number of Topliss-reactive ketones (excluding diaryl/α,β-unsaturated/α-hetero) is 1. The number of amides is 1. The third-order valence-corrected chi connectivity index (χ3v) is 7.10. The Bertz CT molecular complexity index is 973. The van der Waals surface area contributed by atoms with Crippen LogP contribution in [0, 0.1) is 16.2 Å². The molecule has 0 aliphatic heterocycles. The number of carbonyl (C=O) groups excluding carboxylic acids is 2. The number of hydrogen-bond donors (Lipinski definition) is 2. The minimum Gasteiger partial charge on any atom is -0.411 e. The molecule has 5 nitrogen and oxygen atoms in total. The second-order valence-electron chi connectivity index (χ2n) is 8.12. The fourth-order valence-electron chi connectivity index (χ4n) is 5.02. The van der Waals surface area contributed by atoms with Gasteiger partial charge in [-0.15, -0.1) is 0 Å². The maximum atomic E-state index is 13.4. The number of fused-ring (bicyclic) bond motifs is 3. The monoisotopic (exact) mass is 350 g/mol. The third-order valence-electron chi connectivity index (χ3n) is 7.10. The summed E-state index contributed by atoms with van der Waals surface area (Å²) < 4.78 is 0. The van der Waals surface area contributed by atoms with E-state index in [9.17, 15) is 14.8 Å². The quantitative estimate of drug-likeness (QED) is 0.488. The van der Waals surface area contributed by atoms with Crippen LogP contribution in [-0.4, -0.2) is 22.6 Å². The maximum Gasteiger partial charge on any atom is 0.239 e. The van der Waals surface area contributed by atoms with Crippen molar-refractivity contribution in [3.8, 4) is 0 Å². The zero-order valence-electron chi connectivity index (χ0n) is 15.2. The molecule has 0 aromatic heterocycles. The Morgan fingerprint density at radius 2 is 1.77 bits per heavy atom. The zero-order valence-corrected chi connectivity index (χ0v) is 15.2. The van der Waals surface area contributed by atoms with Gasteiger partial charge in [0.2, 0.25) is 5.91 Å². The first-order chi connectivity index (χ1) is 12.3. The van der Waals surface area contributed by atoms with Gasteiger partial charge in [-0.2, -0.15) is 0 Å². The number of hydrogen-bond acceptors (Lipinski definition) is 4. The molecule has 2 aromatic rings. The van der Waals surface area contributed by atoms with Crippen molar-refractivity contribution < 1.29 is 14.8 Å². The molecule has 5 heteroatoms. The topological polar surface area (TPSA) is 78.8 Å². The molecule has 2 bridgehead atoms. The van der Waals surface area contributed by atoms with Crippen LogP contribution in [0.15, 0.2) is 47.6 Å². The minimum atomic E-state index is -1.21. The van der Waals surface area contributed by atoms with Crippen LogP contribution in [0.5, 0.6) is 0 Å². The molecule has 1 amide bonds. The fourth-order valence-corrected chi connectivity index (χ4v) is 5.02. The van der Waals surface area contributed by atoms with Gasteiger partial charge in [0.25, 0.3) is 0 Å². The highest BCUT2D eigenvalue weighted by Crippen LogP contribution is 2.69. The molecule has 2 unspecified atom stereocenters. The summed E-state index contributed by atoms with van der Waals surface area (Å²) in [4.78, 5) is 26.5. The number of ketones is 1. The minimum absolute atomic E-state index is 0.127. The van der Waals surface area contributed by atoms with E-state index in [2.05, 4.69) is 10.5 Å². The molecule has 2 aromatic carbocycles. The number of nitrogens with zero attached hydrogens (tertiary/aromatic N) is 1. The zero-order chi connectivity index (χ0) is 18.7. The van der Waals surface area contributed by atoms with Gasteiger partial charge < -0.3 is 10.5 Å². The first-order valence-electron chi connectivity index (χ1n) is 8.86. The molecule has 26 heavy (non-hydrogen) atoms. The van der Waals surface area contributed by atoms with Crippen molar-refractivity contribution in [1.29, 1.82) is 0 Å². The largest absolute Gasteiger partial charge is 0.411 e. The molecule has 2 fully saturated rings. The molecule has 0 radical (unpaired) electrons. The van der Waals surface area contributed by atoms with E-state index in [0.717, 1.165) is 10.8 Å². The highest BCUT2D eigenvalue weighted by atomic mass is 16.4. The van der Waals surface area contributed by atoms with Crippen LogP contribution < -0.4 is 5.32 Å². The predicted molar refractivity (Wildman–Crippen MR) is 100 cm³/mol. The van der Waals surface area contributed by atoms with Crippen molar-refractivity contribution >= 4 is 33.9 Å². The van der Waals surface area contributed by atoms with Crippen molar-refractivity contribution in [2.75, 3.05) is 5.32 Å². The Morgan fingerprint density at radius 1 is 1.08 bits per heavy atom. The summed E-state index contributed by atoms with van der Waals surface area (Å²) in [6.45, 7) is 5.78. The Labute approximate surface area is 152 Å². The molecule has 0 heterocycles. The summed E-state index contributed by atoms with van der Waals surface area (Å²) in [6.07, 6.45) is 1.11. The Kier molecular flexibility index (Phi) is 3.33. The van der Waals surface area contributed by atoms with Crippen LogP contribution in [0.1, 0.15) is 33.6 Å². The van der Waals surface area contributed by atoms with Crippen LogP contribution in [0.2, 0.25) is 0 Å². The highest BCUT2D eigenvalue weighted by molar-refractivity contribution is 6.51. The summed E-state index contributed by atoms with van der Waals surface area (Å²) in [5.41, 5.74) is -1.63. The molecule has 2 aliphatic carbocycles. The molecule has 4 rings (SSSR count). The van der Waals surface area contributed by atoms with Gasteiger partial charge in [-0.1, -0.05) is 62.3 Å². The van der Waals surface area contributed by atoms with Crippen LogP contribution in [0.3, 0.4) is 0 Å². The van der Waals surface area contributed by atoms with Gasteiger partial charge in [0.15, 0.2) is 5.78 Å². The van der Waals surface area contributed by atoms with E-state index in [0.29, 0.717) is 18.5 Å². The molecular weight excluding hydrogens is 328 g/mol. The van der Waals surface area contributed by atoms with Crippen molar-refractivity contribution in [3.63, 3.8) is 0 Å². The van der Waals surface area contributed by atoms with E-state index in [-0.39, 0.29) is 17.4 Å². The van der Waals surface area contributed by atoms with E-state index in [1.54, 1.807) is 0 Å².